The van der Waals surface area contributed by atoms with Gasteiger partial charge in [-0.05, 0) is 18.6 Å². The number of thiol groups is 1. The lowest BCUT2D eigenvalue weighted by atomic mass is 10.2. The van der Waals surface area contributed by atoms with Gasteiger partial charge in [-0.1, -0.05) is 0 Å². The van der Waals surface area contributed by atoms with Crippen LogP contribution in [0.2, 0.25) is 0 Å². The Kier molecular flexibility index (Phi) is 3.80. The molecule has 15 heavy (non-hydrogen) atoms. The van der Waals surface area contributed by atoms with Crippen molar-refractivity contribution in [3.05, 3.63) is 21.4 Å². The minimum atomic E-state index is -3.04. The van der Waals surface area contributed by atoms with Crippen molar-refractivity contribution in [3.8, 4) is 0 Å². The van der Waals surface area contributed by atoms with E-state index < -0.39 is 23.2 Å². The van der Waals surface area contributed by atoms with Crippen LogP contribution in [0.5, 0.6) is 0 Å². The van der Waals surface area contributed by atoms with E-state index in [-0.39, 0.29) is 4.88 Å². The highest BCUT2D eigenvalue weighted by molar-refractivity contribution is 7.67. The Morgan fingerprint density at radius 3 is 2.67 bits per heavy atom. The number of carbonyl (C=O) groups is 1. The fourth-order valence-electron chi connectivity index (χ4n) is 1.00. The van der Waals surface area contributed by atoms with Crippen molar-refractivity contribution in [2.75, 3.05) is 0 Å². The summed E-state index contributed by atoms with van der Waals surface area (Å²) in [5, 5.41) is 8.75. The minimum absolute atomic E-state index is 0.130. The van der Waals surface area contributed by atoms with Crippen molar-refractivity contribution in [2.45, 2.75) is 13.2 Å². The molecule has 0 radical (unpaired) electrons. The molecular formula is C7H9NO5S2. The van der Waals surface area contributed by atoms with Gasteiger partial charge < -0.3 is 10.8 Å². The molecule has 0 aliphatic carbocycles. The number of carboxylic acids is 1. The van der Waals surface area contributed by atoms with Gasteiger partial charge in [0.1, 0.15) is 4.88 Å². The van der Waals surface area contributed by atoms with Crippen LogP contribution in [0.25, 0.3) is 0 Å². The number of hydrogen-bond donors (Lipinski definition) is 3. The predicted molar refractivity (Wildman–Crippen MR) is 54.3 cm³/mol. The summed E-state index contributed by atoms with van der Waals surface area (Å²) in [5.74, 6) is -1.07. The summed E-state index contributed by atoms with van der Waals surface area (Å²) in [6.07, 6.45) is -1.14. The first-order chi connectivity index (χ1) is 6.91. The van der Waals surface area contributed by atoms with Crippen molar-refractivity contribution in [1.82, 2.24) is 0 Å². The predicted octanol–water partition coefficient (Wildman–Crippen LogP) is 0.255. The molecule has 0 bridgehead atoms. The largest absolute Gasteiger partial charge is 0.477 e. The van der Waals surface area contributed by atoms with E-state index in [2.05, 4.69) is 4.18 Å². The summed E-state index contributed by atoms with van der Waals surface area (Å²) in [6.45, 7) is 1.60. The summed E-state index contributed by atoms with van der Waals surface area (Å²) in [5.41, 5.74) is 5.92. The Bertz CT molecular complexity index is 442. The third-order valence-electron chi connectivity index (χ3n) is 1.61. The Balaban J connectivity index is 2.96. The second kappa shape index (κ2) is 4.71. The standard InChI is InChI=1S/C7H9NO5S2/c1-3-2-4(6(8)13-15(11)12)14-5(3)7(9)10/h2,6,15H,8H2,1H3,(H,9,10)/t6-/m1/s1. The maximum Gasteiger partial charge on any atom is 0.346 e. The molecule has 0 fully saturated rings. The quantitative estimate of drug-likeness (QED) is 0.523. The first-order valence-corrected chi connectivity index (χ1v) is 5.73. The summed E-state index contributed by atoms with van der Waals surface area (Å²) in [7, 11) is -3.04. The molecule has 1 aromatic heterocycles. The number of hydrogen-bond acceptors (Lipinski definition) is 6. The Hall–Kier alpha value is -0.960. The Morgan fingerprint density at radius 2 is 2.27 bits per heavy atom. The minimum Gasteiger partial charge on any atom is -0.477 e. The lowest BCUT2D eigenvalue weighted by Gasteiger charge is -2.03. The molecule has 0 spiro atoms. The van der Waals surface area contributed by atoms with E-state index in [1.807, 2.05) is 0 Å². The van der Waals surface area contributed by atoms with Crippen LogP contribution in [0.1, 0.15) is 26.3 Å². The molecule has 0 aliphatic heterocycles. The summed E-state index contributed by atoms with van der Waals surface area (Å²) >= 11 is 0.901. The van der Waals surface area contributed by atoms with Gasteiger partial charge in [-0.25, -0.2) is 17.4 Å². The SMILES string of the molecule is Cc1cc([C@H](N)O[SH](=O)=O)sc1C(=O)O. The Labute approximate surface area is 91.4 Å². The number of carboxylic acid groups (broad SMARTS) is 1. The van der Waals surface area contributed by atoms with Gasteiger partial charge in [0.25, 0.3) is 11.0 Å². The highest BCUT2D eigenvalue weighted by Crippen LogP contribution is 2.26. The van der Waals surface area contributed by atoms with Crippen LogP contribution in [0.15, 0.2) is 6.07 Å². The zero-order valence-electron chi connectivity index (χ0n) is 7.67. The van der Waals surface area contributed by atoms with E-state index in [0.29, 0.717) is 10.4 Å². The smallest absolute Gasteiger partial charge is 0.346 e. The average molecular weight is 251 g/mol. The Morgan fingerprint density at radius 1 is 1.67 bits per heavy atom. The topological polar surface area (TPSA) is 107 Å². The van der Waals surface area contributed by atoms with Crippen molar-refractivity contribution < 1.29 is 22.5 Å². The van der Waals surface area contributed by atoms with Crippen molar-refractivity contribution in [2.24, 2.45) is 5.73 Å². The zero-order valence-corrected chi connectivity index (χ0v) is 9.38. The molecule has 0 amide bonds. The highest BCUT2D eigenvalue weighted by Gasteiger charge is 2.17. The first-order valence-electron chi connectivity index (χ1n) is 3.82. The number of rotatable bonds is 4. The van der Waals surface area contributed by atoms with Gasteiger partial charge in [0, 0.05) is 0 Å². The molecule has 0 aromatic carbocycles. The molecule has 1 atom stereocenters. The number of thiophene rings is 1. The summed E-state index contributed by atoms with van der Waals surface area (Å²) in [6, 6.07) is 1.50. The van der Waals surface area contributed by atoms with Crippen LogP contribution in [0.3, 0.4) is 0 Å². The van der Waals surface area contributed by atoms with E-state index in [4.69, 9.17) is 10.8 Å². The molecular weight excluding hydrogens is 242 g/mol. The average Bonchev–Trinajstić information content (AvgIpc) is 2.46. The summed E-state index contributed by atoms with van der Waals surface area (Å²) in [4.78, 5) is 11.2. The van der Waals surface area contributed by atoms with E-state index in [0.717, 1.165) is 11.3 Å². The van der Waals surface area contributed by atoms with Gasteiger partial charge >= 0.3 is 5.97 Å². The van der Waals surface area contributed by atoms with Crippen LogP contribution in [0, 0.1) is 6.92 Å². The van der Waals surface area contributed by atoms with Crippen LogP contribution in [-0.2, 0) is 15.2 Å². The molecule has 0 saturated heterocycles. The van der Waals surface area contributed by atoms with Gasteiger partial charge in [0.15, 0.2) is 6.23 Å². The van der Waals surface area contributed by atoms with E-state index in [1.54, 1.807) is 6.92 Å². The molecule has 8 heteroatoms. The van der Waals surface area contributed by atoms with Crippen molar-refractivity contribution >= 4 is 28.3 Å². The number of aryl methyl sites for hydroxylation is 1. The third-order valence-corrected chi connectivity index (χ3v) is 3.30. The second-order valence-corrected chi connectivity index (χ2v) is 4.46. The van der Waals surface area contributed by atoms with Crippen molar-refractivity contribution in [1.29, 1.82) is 0 Å². The van der Waals surface area contributed by atoms with Crippen LogP contribution < -0.4 is 5.73 Å². The zero-order chi connectivity index (χ0) is 11.6. The van der Waals surface area contributed by atoms with Crippen molar-refractivity contribution in [3.63, 3.8) is 0 Å². The molecule has 1 rings (SSSR count). The molecule has 1 aromatic rings. The monoisotopic (exact) mass is 251 g/mol. The maximum atomic E-state index is 10.7. The summed E-state index contributed by atoms with van der Waals surface area (Å²) < 4.78 is 24.8. The van der Waals surface area contributed by atoms with E-state index >= 15 is 0 Å². The normalized spacial score (nSPS) is 13.0. The first kappa shape index (κ1) is 12.1. The van der Waals surface area contributed by atoms with E-state index in [9.17, 15) is 13.2 Å². The fraction of sp³-hybridized carbons (Fsp3) is 0.286. The lowest BCUT2D eigenvalue weighted by Crippen LogP contribution is -2.11. The molecule has 6 nitrogen and oxygen atoms in total. The molecule has 0 saturated carbocycles. The van der Waals surface area contributed by atoms with Gasteiger partial charge in [-0.3, -0.25) is 0 Å². The second-order valence-electron chi connectivity index (χ2n) is 2.72. The van der Waals surface area contributed by atoms with Gasteiger partial charge in [0.05, 0.1) is 4.88 Å². The lowest BCUT2D eigenvalue weighted by molar-refractivity contribution is 0.0701. The van der Waals surface area contributed by atoms with Gasteiger partial charge in [-0.15, -0.1) is 11.3 Å². The highest BCUT2D eigenvalue weighted by atomic mass is 32.2. The molecule has 3 N–H and O–H groups in total. The van der Waals surface area contributed by atoms with Gasteiger partial charge in [0.2, 0.25) is 0 Å². The maximum absolute atomic E-state index is 10.7. The van der Waals surface area contributed by atoms with Crippen LogP contribution in [0.4, 0.5) is 0 Å². The van der Waals surface area contributed by atoms with Crippen LogP contribution >= 0.6 is 11.3 Å². The molecule has 0 unspecified atom stereocenters. The number of aromatic carboxylic acids is 1. The van der Waals surface area contributed by atoms with E-state index in [1.165, 1.54) is 6.07 Å². The third kappa shape index (κ3) is 2.99. The number of nitrogens with two attached hydrogens (primary N) is 1. The van der Waals surface area contributed by atoms with Crippen LogP contribution in [-0.4, -0.2) is 19.5 Å². The molecule has 84 valence electrons. The molecule has 1 heterocycles. The fourth-order valence-corrected chi connectivity index (χ4v) is 2.32. The molecule has 0 aliphatic rings. The van der Waals surface area contributed by atoms with Gasteiger partial charge in [-0.2, -0.15) is 0 Å².